The second kappa shape index (κ2) is 6.12. The fourth-order valence-corrected chi connectivity index (χ4v) is 2.74. The molecule has 0 aliphatic heterocycles. The maximum absolute atomic E-state index is 12.6. The monoisotopic (exact) mass is 351 g/mol. The van der Waals surface area contributed by atoms with Crippen LogP contribution in [0.25, 0.3) is 0 Å². The van der Waals surface area contributed by atoms with Crippen LogP contribution in [-0.4, -0.2) is 34.3 Å². The van der Waals surface area contributed by atoms with E-state index in [2.05, 4.69) is 14.8 Å². The van der Waals surface area contributed by atoms with Crippen molar-refractivity contribution in [2.24, 2.45) is 7.05 Å². The van der Waals surface area contributed by atoms with E-state index in [0.717, 1.165) is 13.2 Å². The lowest BCUT2D eigenvalue weighted by Gasteiger charge is -2.05. The Hall–Kier alpha value is -2.21. The molecule has 0 saturated heterocycles. The summed E-state index contributed by atoms with van der Waals surface area (Å²) in [4.78, 5) is 15.2. The first-order valence-corrected chi connectivity index (χ1v) is 7.72. The van der Waals surface area contributed by atoms with Crippen LogP contribution >= 0.6 is 0 Å². The minimum atomic E-state index is -4.77. The van der Waals surface area contributed by atoms with Gasteiger partial charge in [0.2, 0.25) is 15.8 Å². The molecule has 0 aliphatic rings. The van der Waals surface area contributed by atoms with Gasteiger partial charge in [0.15, 0.2) is 0 Å². The molecule has 8 nitrogen and oxygen atoms in total. The number of nitrogens with zero attached hydrogens (tertiary/aromatic N) is 4. The van der Waals surface area contributed by atoms with Gasteiger partial charge in [0.25, 0.3) is 0 Å². The van der Waals surface area contributed by atoms with Crippen LogP contribution in [0.15, 0.2) is 34.2 Å². The first kappa shape index (κ1) is 17.1. The normalized spacial score (nSPS) is 12.5. The van der Waals surface area contributed by atoms with Gasteiger partial charge in [-0.25, -0.2) is 22.6 Å². The zero-order chi connectivity index (χ0) is 17.3. The van der Waals surface area contributed by atoms with Crippen molar-refractivity contribution in [3.05, 3.63) is 40.8 Å². The first-order chi connectivity index (χ1) is 10.6. The van der Waals surface area contributed by atoms with Crippen LogP contribution in [0.3, 0.4) is 0 Å². The summed E-state index contributed by atoms with van der Waals surface area (Å²) in [6, 6.07) is 2.73. The molecule has 0 amide bonds. The molecule has 0 radical (unpaired) electrons. The fourth-order valence-electron chi connectivity index (χ4n) is 1.76. The van der Waals surface area contributed by atoms with Gasteiger partial charge in [-0.3, -0.25) is 9.55 Å². The standard InChI is InChI=1S/C11H12F3N5O3S/c1-18-9(11(12,13)14)17-19(10(18)20)6-5-16-23(21,22)8-3-2-4-15-7-8/h2-4,7,16H,5-6H2,1H3. The molecule has 2 aromatic rings. The van der Waals surface area contributed by atoms with E-state index in [1.54, 1.807) is 0 Å². The second-order valence-electron chi connectivity index (χ2n) is 4.47. The highest BCUT2D eigenvalue weighted by atomic mass is 32.2. The number of hydrogen-bond donors (Lipinski definition) is 1. The molecular formula is C11H12F3N5O3S. The van der Waals surface area contributed by atoms with Gasteiger partial charge < -0.3 is 0 Å². The number of nitrogens with one attached hydrogen (secondary N) is 1. The molecule has 2 aromatic heterocycles. The van der Waals surface area contributed by atoms with E-state index in [9.17, 15) is 26.4 Å². The van der Waals surface area contributed by atoms with Crippen LogP contribution in [0.2, 0.25) is 0 Å². The lowest BCUT2D eigenvalue weighted by Crippen LogP contribution is -2.31. The Morgan fingerprint density at radius 3 is 2.57 bits per heavy atom. The number of pyridine rings is 1. The Kier molecular flexibility index (Phi) is 4.56. The molecule has 0 bridgehead atoms. The third-order valence-electron chi connectivity index (χ3n) is 2.85. The van der Waals surface area contributed by atoms with Crippen molar-refractivity contribution in [3.8, 4) is 0 Å². The minimum absolute atomic E-state index is 0.0932. The average Bonchev–Trinajstić information content (AvgIpc) is 2.76. The van der Waals surface area contributed by atoms with Crippen molar-refractivity contribution in [1.29, 1.82) is 0 Å². The summed E-state index contributed by atoms with van der Waals surface area (Å²) in [6.45, 7) is -0.645. The molecule has 2 heterocycles. The fraction of sp³-hybridized carbons (Fsp3) is 0.364. The lowest BCUT2D eigenvalue weighted by atomic mass is 10.5. The van der Waals surface area contributed by atoms with Gasteiger partial charge in [-0.2, -0.15) is 13.2 Å². The van der Waals surface area contributed by atoms with E-state index in [-0.39, 0.29) is 18.0 Å². The van der Waals surface area contributed by atoms with Gasteiger partial charge in [-0.1, -0.05) is 0 Å². The Labute approximate surface area is 128 Å². The topological polar surface area (TPSA) is 98.9 Å². The molecule has 2 rings (SSSR count). The van der Waals surface area contributed by atoms with Crippen molar-refractivity contribution in [2.45, 2.75) is 17.6 Å². The summed E-state index contributed by atoms with van der Waals surface area (Å²) in [7, 11) is -2.92. The number of halogens is 3. The summed E-state index contributed by atoms with van der Waals surface area (Å²) in [5.74, 6) is -1.35. The highest BCUT2D eigenvalue weighted by molar-refractivity contribution is 7.89. The van der Waals surface area contributed by atoms with Gasteiger partial charge in [0.1, 0.15) is 4.90 Å². The van der Waals surface area contributed by atoms with E-state index < -0.39 is 27.7 Å². The third-order valence-corrected chi connectivity index (χ3v) is 4.30. The summed E-state index contributed by atoms with van der Waals surface area (Å²) >= 11 is 0. The molecule has 0 atom stereocenters. The van der Waals surface area contributed by atoms with Crippen molar-refractivity contribution in [3.63, 3.8) is 0 Å². The number of rotatable bonds is 5. The van der Waals surface area contributed by atoms with E-state index in [1.165, 1.54) is 18.3 Å². The van der Waals surface area contributed by atoms with Crippen LogP contribution in [-0.2, 0) is 29.8 Å². The highest BCUT2D eigenvalue weighted by Crippen LogP contribution is 2.25. The summed E-state index contributed by atoms with van der Waals surface area (Å²) < 4.78 is 64.7. The van der Waals surface area contributed by atoms with Crippen LogP contribution in [0.1, 0.15) is 5.82 Å². The molecule has 126 valence electrons. The zero-order valence-corrected chi connectivity index (χ0v) is 12.6. The van der Waals surface area contributed by atoms with E-state index in [0.29, 0.717) is 9.25 Å². The van der Waals surface area contributed by atoms with Gasteiger partial charge in [0.05, 0.1) is 6.54 Å². The highest BCUT2D eigenvalue weighted by Gasteiger charge is 2.37. The number of alkyl halides is 3. The van der Waals surface area contributed by atoms with Crippen LogP contribution in [0.5, 0.6) is 0 Å². The van der Waals surface area contributed by atoms with Crippen molar-refractivity contribution < 1.29 is 21.6 Å². The van der Waals surface area contributed by atoms with Crippen LogP contribution in [0.4, 0.5) is 13.2 Å². The summed E-state index contributed by atoms with van der Waals surface area (Å²) in [5.41, 5.74) is -0.988. The molecular weight excluding hydrogens is 339 g/mol. The third kappa shape index (κ3) is 3.76. The number of hydrogen-bond acceptors (Lipinski definition) is 5. The van der Waals surface area contributed by atoms with Gasteiger partial charge >= 0.3 is 11.9 Å². The predicted molar refractivity (Wildman–Crippen MR) is 71.9 cm³/mol. The molecule has 23 heavy (non-hydrogen) atoms. The molecule has 0 aliphatic carbocycles. The van der Waals surface area contributed by atoms with Crippen molar-refractivity contribution >= 4 is 10.0 Å². The molecule has 0 saturated carbocycles. The second-order valence-corrected chi connectivity index (χ2v) is 6.24. The maximum atomic E-state index is 12.6. The largest absolute Gasteiger partial charge is 0.451 e. The minimum Gasteiger partial charge on any atom is -0.274 e. The van der Waals surface area contributed by atoms with Crippen LogP contribution < -0.4 is 10.4 Å². The quantitative estimate of drug-likeness (QED) is 0.816. The Balaban J connectivity index is 2.10. The molecule has 12 heteroatoms. The molecule has 0 spiro atoms. The molecule has 0 unspecified atom stereocenters. The summed E-state index contributed by atoms with van der Waals surface area (Å²) in [5, 5.41) is 3.17. The van der Waals surface area contributed by atoms with Crippen molar-refractivity contribution in [2.75, 3.05) is 6.54 Å². The molecule has 0 fully saturated rings. The lowest BCUT2D eigenvalue weighted by molar-refractivity contribution is -0.147. The molecule has 1 N–H and O–H groups in total. The first-order valence-electron chi connectivity index (χ1n) is 6.23. The number of sulfonamides is 1. The van der Waals surface area contributed by atoms with E-state index in [1.807, 2.05) is 0 Å². The Morgan fingerprint density at radius 2 is 2.04 bits per heavy atom. The van der Waals surface area contributed by atoms with Gasteiger partial charge in [-0.05, 0) is 12.1 Å². The summed E-state index contributed by atoms with van der Waals surface area (Å²) in [6.07, 6.45) is -2.25. The van der Waals surface area contributed by atoms with E-state index in [4.69, 9.17) is 0 Å². The van der Waals surface area contributed by atoms with E-state index >= 15 is 0 Å². The predicted octanol–water partition coefficient (Wildman–Crippen LogP) is -0.0259. The van der Waals surface area contributed by atoms with Gasteiger partial charge in [0, 0.05) is 26.0 Å². The Bertz CT molecular complexity index is 842. The SMILES string of the molecule is Cn1c(C(F)(F)F)nn(CCNS(=O)(=O)c2cccnc2)c1=O. The average molecular weight is 351 g/mol. The van der Waals surface area contributed by atoms with Crippen molar-refractivity contribution in [1.82, 2.24) is 24.1 Å². The number of aromatic nitrogens is 4. The maximum Gasteiger partial charge on any atom is 0.451 e. The van der Waals surface area contributed by atoms with Crippen LogP contribution in [0, 0.1) is 0 Å². The zero-order valence-electron chi connectivity index (χ0n) is 11.8. The molecule has 0 aromatic carbocycles. The van der Waals surface area contributed by atoms with Gasteiger partial charge in [-0.15, -0.1) is 5.10 Å². The smallest absolute Gasteiger partial charge is 0.274 e. The Morgan fingerprint density at radius 1 is 1.35 bits per heavy atom.